The Kier molecular flexibility index (Phi) is 4.38. The lowest BCUT2D eigenvalue weighted by atomic mass is 9.99. The van der Waals surface area contributed by atoms with Crippen LogP contribution in [0.15, 0.2) is 16.9 Å². The molecule has 1 saturated carbocycles. The maximum absolute atomic E-state index is 13.0. The van der Waals surface area contributed by atoms with Crippen molar-refractivity contribution in [2.75, 3.05) is 0 Å². The lowest BCUT2D eigenvalue weighted by Crippen LogP contribution is -2.49. The van der Waals surface area contributed by atoms with Gasteiger partial charge in [-0.15, -0.1) is 0 Å². The first-order valence-corrected chi connectivity index (χ1v) is 7.89. The number of aromatic nitrogens is 1. The Hall–Kier alpha value is -1.09. The minimum atomic E-state index is -4.59. The number of rotatable bonds is 5. The molecule has 0 bridgehead atoms. The summed E-state index contributed by atoms with van der Waals surface area (Å²) in [6, 6.07) is -0.723. The molecule has 0 unspecified atom stereocenters. The fourth-order valence-corrected chi connectivity index (χ4v) is 3.80. The molecule has 5 nitrogen and oxygen atoms in total. The van der Waals surface area contributed by atoms with Crippen LogP contribution in [0.1, 0.15) is 31.4 Å². The van der Waals surface area contributed by atoms with E-state index in [4.69, 9.17) is 0 Å². The van der Waals surface area contributed by atoms with Gasteiger partial charge in [0.15, 0.2) is 0 Å². The Morgan fingerprint density at radius 2 is 2.05 bits per heavy atom. The van der Waals surface area contributed by atoms with Crippen LogP contribution in [0.3, 0.4) is 0 Å². The van der Waals surface area contributed by atoms with Gasteiger partial charge in [-0.1, -0.05) is 18.0 Å². The monoisotopic (exact) mass is 312 g/mol. The highest BCUT2D eigenvalue weighted by Crippen LogP contribution is 2.36. The van der Waals surface area contributed by atoms with E-state index in [0.717, 1.165) is 0 Å². The van der Waals surface area contributed by atoms with Crippen LogP contribution in [0.25, 0.3) is 0 Å². The van der Waals surface area contributed by atoms with Gasteiger partial charge in [-0.05, 0) is 18.8 Å². The van der Waals surface area contributed by atoms with Gasteiger partial charge in [0.2, 0.25) is 10.0 Å². The smallest absolute Gasteiger partial charge is 0.364 e. The van der Waals surface area contributed by atoms with Gasteiger partial charge in [-0.3, -0.25) is 0 Å². The Bertz CT molecular complexity index is 522. The van der Waals surface area contributed by atoms with Gasteiger partial charge in [0, 0.05) is 6.07 Å². The van der Waals surface area contributed by atoms with Crippen LogP contribution in [-0.4, -0.2) is 25.8 Å². The van der Waals surface area contributed by atoms with Gasteiger partial charge >= 0.3 is 6.18 Å². The molecule has 1 N–H and O–H groups in total. The minimum absolute atomic E-state index is 0.0739. The third kappa shape index (κ3) is 3.95. The van der Waals surface area contributed by atoms with E-state index in [9.17, 15) is 21.6 Å². The zero-order valence-electron chi connectivity index (χ0n) is 10.6. The molecule has 1 aromatic rings. The summed E-state index contributed by atoms with van der Waals surface area (Å²) in [6.45, 7) is 0. The Morgan fingerprint density at radius 3 is 2.55 bits per heavy atom. The highest BCUT2D eigenvalue weighted by molar-refractivity contribution is 7.88. The summed E-state index contributed by atoms with van der Waals surface area (Å²) < 4.78 is 68.9. The summed E-state index contributed by atoms with van der Waals surface area (Å²) in [6.07, 6.45) is -1.26. The third-order valence-electron chi connectivity index (χ3n) is 3.36. The van der Waals surface area contributed by atoms with E-state index >= 15 is 0 Å². The fraction of sp³-hybridized carbons (Fsp3) is 0.727. The molecule has 1 atom stereocenters. The molecule has 1 aliphatic rings. The molecule has 2 rings (SSSR count). The van der Waals surface area contributed by atoms with E-state index in [1.54, 1.807) is 4.72 Å². The molecule has 0 aromatic carbocycles. The van der Waals surface area contributed by atoms with E-state index < -0.39 is 33.9 Å². The van der Waals surface area contributed by atoms with E-state index in [1.807, 2.05) is 0 Å². The van der Waals surface area contributed by atoms with E-state index in [-0.39, 0.29) is 5.69 Å². The Morgan fingerprint density at radius 1 is 1.40 bits per heavy atom. The summed E-state index contributed by atoms with van der Waals surface area (Å²) in [7, 11) is -4.12. The fourth-order valence-electron chi connectivity index (χ4n) is 2.46. The van der Waals surface area contributed by atoms with Crippen molar-refractivity contribution >= 4 is 10.0 Å². The number of nitrogens with one attached hydrogen (secondary N) is 1. The topological polar surface area (TPSA) is 72.2 Å². The summed E-state index contributed by atoms with van der Waals surface area (Å²) in [5, 5.41) is 3.39. The molecule has 1 aliphatic carbocycles. The second-order valence-electron chi connectivity index (χ2n) is 4.93. The van der Waals surface area contributed by atoms with Crippen LogP contribution in [0.2, 0.25) is 0 Å². The van der Waals surface area contributed by atoms with Gasteiger partial charge in [-0.25, -0.2) is 13.1 Å². The molecule has 1 fully saturated rings. The molecule has 0 radical (unpaired) electrons. The molecule has 0 spiro atoms. The maximum atomic E-state index is 13.0. The van der Waals surface area contributed by atoms with Gasteiger partial charge in [0.05, 0.1) is 5.69 Å². The molecule has 114 valence electrons. The predicted octanol–water partition coefficient (Wildman–Crippen LogP) is 2.22. The average molecular weight is 312 g/mol. The van der Waals surface area contributed by atoms with E-state index in [2.05, 4.69) is 9.68 Å². The molecule has 0 saturated heterocycles. The van der Waals surface area contributed by atoms with Crippen molar-refractivity contribution in [1.82, 2.24) is 9.88 Å². The highest BCUT2D eigenvalue weighted by Gasteiger charge is 2.47. The molecule has 1 aromatic heterocycles. The summed E-state index contributed by atoms with van der Waals surface area (Å²) in [5.41, 5.74) is 0.0739. The van der Waals surface area contributed by atoms with Crippen molar-refractivity contribution in [2.45, 2.75) is 43.7 Å². The van der Waals surface area contributed by atoms with Crippen LogP contribution in [0, 0.1) is 5.92 Å². The molecule has 1 heterocycles. The zero-order valence-corrected chi connectivity index (χ0v) is 11.4. The minimum Gasteiger partial charge on any atom is -0.364 e. The van der Waals surface area contributed by atoms with E-state index in [0.29, 0.717) is 25.7 Å². The molecule has 0 aliphatic heterocycles. The largest absolute Gasteiger partial charge is 0.405 e. The van der Waals surface area contributed by atoms with Crippen molar-refractivity contribution < 1.29 is 26.1 Å². The van der Waals surface area contributed by atoms with Gasteiger partial charge in [0.1, 0.15) is 18.1 Å². The average Bonchev–Trinajstić information content (AvgIpc) is 2.95. The quantitative estimate of drug-likeness (QED) is 0.905. The lowest BCUT2D eigenvalue weighted by molar-refractivity contribution is -0.162. The first kappa shape index (κ1) is 15.3. The predicted molar refractivity (Wildman–Crippen MR) is 64.1 cm³/mol. The number of nitrogens with zero attached hydrogens (tertiary/aromatic N) is 1. The van der Waals surface area contributed by atoms with Crippen molar-refractivity contribution in [3.05, 3.63) is 18.0 Å². The number of hydrogen-bond acceptors (Lipinski definition) is 4. The summed E-state index contributed by atoms with van der Waals surface area (Å²) in [4.78, 5) is 0. The first-order valence-electron chi connectivity index (χ1n) is 6.24. The van der Waals surface area contributed by atoms with Crippen LogP contribution in [0.5, 0.6) is 0 Å². The maximum Gasteiger partial charge on any atom is 0.405 e. The Balaban J connectivity index is 2.10. The van der Waals surface area contributed by atoms with Gasteiger partial charge in [0.25, 0.3) is 0 Å². The third-order valence-corrected chi connectivity index (χ3v) is 4.65. The second kappa shape index (κ2) is 5.72. The van der Waals surface area contributed by atoms with E-state index in [1.165, 1.54) is 12.3 Å². The van der Waals surface area contributed by atoms with Crippen molar-refractivity contribution in [2.24, 2.45) is 5.92 Å². The Labute approximate surface area is 114 Å². The number of hydrogen-bond donors (Lipinski definition) is 1. The number of halogens is 3. The van der Waals surface area contributed by atoms with Crippen LogP contribution >= 0.6 is 0 Å². The summed E-state index contributed by atoms with van der Waals surface area (Å²) >= 11 is 0. The zero-order chi connectivity index (χ0) is 14.8. The second-order valence-corrected chi connectivity index (χ2v) is 6.69. The first-order chi connectivity index (χ1) is 9.28. The number of alkyl halides is 3. The normalized spacial score (nSPS) is 19.4. The molecule has 20 heavy (non-hydrogen) atoms. The molecule has 0 amide bonds. The highest BCUT2D eigenvalue weighted by atomic mass is 32.2. The molecular formula is C11H15F3N2O3S. The van der Waals surface area contributed by atoms with Crippen LogP contribution in [0.4, 0.5) is 13.2 Å². The van der Waals surface area contributed by atoms with Gasteiger partial charge in [-0.2, -0.15) is 13.2 Å². The standard InChI is InChI=1S/C11H15F3N2O3S/c12-11(13,14)10(8-3-1-2-4-8)16-20(17,18)7-9-5-6-19-15-9/h5-6,8,10,16H,1-4,7H2/t10-/m1/s1. The number of sulfonamides is 1. The van der Waals surface area contributed by atoms with Gasteiger partial charge < -0.3 is 4.52 Å². The lowest BCUT2D eigenvalue weighted by Gasteiger charge is -2.26. The van der Waals surface area contributed by atoms with Crippen molar-refractivity contribution in [3.8, 4) is 0 Å². The van der Waals surface area contributed by atoms with Crippen LogP contribution < -0.4 is 4.72 Å². The van der Waals surface area contributed by atoms with Crippen LogP contribution in [-0.2, 0) is 15.8 Å². The van der Waals surface area contributed by atoms with Crippen molar-refractivity contribution in [3.63, 3.8) is 0 Å². The summed E-state index contributed by atoms with van der Waals surface area (Å²) in [5.74, 6) is -1.31. The van der Waals surface area contributed by atoms with Crippen molar-refractivity contribution in [1.29, 1.82) is 0 Å². The molecular weight excluding hydrogens is 297 g/mol. The molecule has 9 heteroatoms. The SMILES string of the molecule is O=S(=O)(Cc1ccon1)N[C@H](C1CCCC1)C(F)(F)F.